The van der Waals surface area contributed by atoms with Crippen LogP contribution in [0, 0.1) is 6.92 Å². The molecule has 0 aliphatic carbocycles. The van der Waals surface area contributed by atoms with Crippen LogP contribution in [0.25, 0.3) is 22.3 Å². The average molecular weight is 314 g/mol. The summed E-state index contributed by atoms with van der Waals surface area (Å²) in [6.45, 7) is 1.99. The second-order valence-electron chi connectivity index (χ2n) is 5.12. The van der Waals surface area contributed by atoms with E-state index in [9.17, 15) is 0 Å². The van der Waals surface area contributed by atoms with Gasteiger partial charge in [0.25, 0.3) is 0 Å². The van der Waals surface area contributed by atoms with Crippen LogP contribution in [-0.2, 0) is 11.5 Å². The van der Waals surface area contributed by atoms with Gasteiger partial charge < -0.3 is 0 Å². The molecule has 0 fully saturated rings. The topological polar surface area (TPSA) is 38.7 Å². The summed E-state index contributed by atoms with van der Waals surface area (Å²) in [5, 5.41) is 1.68. The van der Waals surface area contributed by atoms with E-state index in [1.165, 1.54) is 0 Å². The Kier molecular flexibility index (Phi) is 3.08. The zero-order valence-electron chi connectivity index (χ0n) is 11.4. The van der Waals surface area contributed by atoms with E-state index in [1.54, 1.807) is 0 Å². The van der Waals surface area contributed by atoms with Crippen molar-refractivity contribution in [1.29, 1.82) is 0 Å². The summed E-state index contributed by atoms with van der Waals surface area (Å²) in [5.41, 5.74) is 5.14. The number of halogens is 1. The molecule has 5 heteroatoms. The van der Waals surface area contributed by atoms with Crippen molar-refractivity contribution >= 4 is 34.3 Å². The first-order valence-electron chi connectivity index (χ1n) is 6.71. The van der Waals surface area contributed by atoms with Gasteiger partial charge in [0.15, 0.2) is 5.82 Å². The average Bonchev–Trinajstić information content (AvgIpc) is 2.95. The van der Waals surface area contributed by atoms with Crippen molar-refractivity contribution in [3.05, 3.63) is 52.4 Å². The van der Waals surface area contributed by atoms with E-state index in [1.807, 2.05) is 36.9 Å². The van der Waals surface area contributed by atoms with Crippen molar-refractivity contribution in [3.8, 4) is 11.4 Å². The number of rotatable bonds is 1. The summed E-state index contributed by atoms with van der Waals surface area (Å²) in [6.07, 6.45) is 0. The van der Waals surface area contributed by atoms with Crippen LogP contribution in [-0.4, -0.2) is 15.0 Å². The lowest BCUT2D eigenvalue weighted by Crippen LogP contribution is -1.97. The highest BCUT2D eigenvalue weighted by atomic mass is 35.5. The fourth-order valence-electron chi connectivity index (χ4n) is 2.51. The van der Waals surface area contributed by atoms with E-state index < -0.39 is 0 Å². The maximum atomic E-state index is 6.29. The monoisotopic (exact) mass is 313 g/mol. The van der Waals surface area contributed by atoms with E-state index in [2.05, 4.69) is 27.1 Å². The lowest BCUT2D eigenvalue weighted by molar-refractivity contribution is 1.07. The molecule has 0 bridgehead atoms. The molecule has 0 N–H and O–H groups in total. The number of fused-ring (bicyclic) bond motifs is 2. The van der Waals surface area contributed by atoms with E-state index in [-0.39, 0.29) is 0 Å². The van der Waals surface area contributed by atoms with Gasteiger partial charge in [-0.15, -0.1) is 0 Å². The minimum Gasteiger partial charge on any atom is -0.253 e. The molecule has 2 aromatic heterocycles. The summed E-state index contributed by atoms with van der Waals surface area (Å²) < 4.78 is 0. The van der Waals surface area contributed by atoms with Crippen LogP contribution in [0.1, 0.15) is 17.0 Å². The SMILES string of the molecule is Cc1ccc2cc(-c3nc(Cl)c4c(n3)CSC4)ccc2n1. The van der Waals surface area contributed by atoms with Gasteiger partial charge in [0.2, 0.25) is 0 Å². The molecule has 0 amide bonds. The number of aryl methyl sites for hydroxylation is 1. The van der Waals surface area contributed by atoms with Gasteiger partial charge in [-0.25, -0.2) is 9.97 Å². The first kappa shape index (κ1) is 13.0. The smallest absolute Gasteiger partial charge is 0.161 e. The van der Waals surface area contributed by atoms with Crippen LogP contribution < -0.4 is 0 Å². The van der Waals surface area contributed by atoms with Crippen molar-refractivity contribution in [2.24, 2.45) is 0 Å². The third-order valence-electron chi connectivity index (χ3n) is 3.61. The molecule has 3 aromatic rings. The van der Waals surface area contributed by atoms with Crippen LogP contribution in [0.3, 0.4) is 0 Å². The predicted molar refractivity (Wildman–Crippen MR) is 87.5 cm³/mol. The van der Waals surface area contributed by atoms with Gasteiger partial charge in [0.1, 0.15) is 5.15 Å². The molecule has 0 radical (unpaired) electrons. The summed E-state index contributed by atoms with van der Waals surface area (Å²) >= 11 is 8.12. The molecule has 0 unspecified atom stereocenters. The minimum atomic E-state index is 0.585. The van der Waals surface area contributed by atoms with E-state index in [0.717, 1.165) is 44.9 Å². The third-order valence-corrected chi connectivity index (χ3v) is 4.90. The van der Waals surface area contributed by atoms with Crippen LogP contribution >= 0.6 is 23.4 Å². The molecule has 0 spiro atoms. The van der Waals surface area contributed by atoms with Crippen molar-refractivity contribution in [2.75, 3.05) is 0 Å². The lowest BCUT2D eigenvalue weighted by atomic mass is 10.1. The highest BCUT2D eigenvalue weighted by Gasteiger charge is 2.19. The number of pyridine rings is 1. The third kappa shape index (κ3) is 2.28. The van der Waals surface area contributed by atoms with Crippen molar-refractivity contribution in [3.63, 3.8) is 0 Å². The largest absolute Gasteiger partial charge is 0.253 e. The Balaban J connectivity index is 1.86. The van der Waals surface area contributed by atoms with Crippen molar-refractivity contribution in [2.45, 2.75) is 18.4 Å². The number of hydrogen-bond donors (Lipinski definition) is 0. The Morgan fingerprint density at radius 1 is 1.05 bits per heavy atom. The molecule has 0 saturated carbocycles. The molecule has 4 rings (SSSR count). The molecular formula is C16H12ClN3S. The predicted octanol–water partition coefficient (Wildman–Crippen LogP) is 4.40. The quantitative estimate of drug-likeness (QED) is 0.624. The van der Waals surface area contributed by atoms with Gasteiger partial charge >= 0.3 is 0 Å². The van der Waals surface area contributed by atoms with Crippen molar-refractivity contribution in [1.82, 2.24) is 15.0 Å². The van der Waals surface area contributed by atoms with Crippen molar-refractivity contribution < 1.29 is 0 Å². The van der Waals surface area contributed by atoms with E-state index >= 15 is 0 Å². The Labute approximate surface area is 131 Å². The highest BCUT2D eigenvalue weighted by molar-refractivity contribution is 7.98. The lowest BCUT2D eigenvalue weighted by Gasteiger charge is -2.06. The first-order valence-corrected chi connectivity index (χ1v) is 8.25. The number of aromatic nitrogens is 3. The number of nitrogens with zero attached hydrogens (tertiary/aromatic N) is 3. The first-order chi connectivity index (χ1) is 10.2. The summed E-state index contributed by atoms with van der Waals surface area (Å²) in [6, 6.07) is 10.2. The van der Waals surface area contributed by atoms with Gasteiger partial charge in [-0.3, -0.25) is 4.98 Å². The zero-order valence-corrected chi connectivity index (χ0v) is 13.0. The number of thioether (sulfide) groups is 1. The molecule has 1 aliphatic rings. The molecule has 21 heavy (non-hydrogen) atoms. The van der Waals surface area contributed by atoms with Crippen LogP contribution in [0.2, 0.25) is 5.15 Å². The summed E-state index contributed by atoms with van der Waals surface area (Å²) in [5.74, 6) is 2.53. The molecule has 3 nitrogen and oxygen atoms in total. The number of benzene rings is 1. The maximum Gasteiger partial charge on any atom is 0.161 e. The van der Waals surface area contributed by atoms with Crippen LogP contribution in [0.5, 0.6) is 0 Å². The summed E-state index contributed by atoms with van der Waals surface area (Å²) in [7, 11) is 0. The zero-order chi connectivity index (χ0) is 14.4. The fraction of sp³-hybridized carbons (Fsp3) is 0.188. The summed E-state index contributed by atoms with van der Waals surface area (Å²) in [4.78, 5) is 13.6. The molecule has 104 valence electrons. The maximum absolute atomic E-state index is 6.29. The second-order valence-corrected chi connectivity index (χ2v) is 6.46. The molecule has 1 aliphatic heterocycles. The van der Waals surface area contributed by atoms with Gasteiger partial charge in [0.05, 0.1) is 11.2 Å². The Hall–Kier alpha value is -1.65. The normalized spacial score (nSPS) is 13.6. The minimum absolute atomic E-state index is 0.585. The Bertz CT molecular complexity index is 864. The van der Waals surface area contributed by atoms with E-state index in [0.29, 0.717) is 11.0 Å². The van der Waals surface area contributed by atoms with Crippen LogP contribution in [0.15, 0.2) is 30.3 Å². The molecular weight excluding hydrogens is 302 g/mol. The van der Waals surface area contributed by atoms with Gasteiger partial charge in [-0.1, -0.05) is 17.7 Å². The second kappa shape index (κ2) is 4.97. The standard InChI is InChI=1S/C16H12ClN3S/c1-9-2-3-10-6-11(4-5-13(10)18-9)16-19-14-8-21-7-12(14)15(17)20-16/h2-6H,7-8H2,1H3. The van der Waals surface area contributed by atoms with Gasteiger partial charge in [0, 0.05) is 33.7 Å². The highest BCUT2D eigenvalue weighted by Crippen LogP contribution is 2.34. The molecule has 0 atom stereocenters. The van der Waals surface area contributed by atoms with Gasteiger partial charge in [-0.05, 0) is 31.2 Å². The van der Waals surface area contributed by atoms with Gasteiger partial charge in [-0.2, -0.15) is 11.8 Å². The molecule has 0 saturated heterocycles. The van der Waals surface area contributed by atoms with Crippen LogP contribution in [0.4, 0.5) is 0 Å². The van der Waals surface area contributed by atoms with E-state index in [4.69, 9.17) is 11.6 Å². The molecule has 1 aromatic carbocycles. The fourth-order valence-corrected chi connectivity index (χ4v) is 3.88. The Morgan fingerprint density at radius 3 is 2.86 bits per heavy atom. The molecule has 3 heterocycles. The Morgan fingerprint density at radius 2 is 1.95 bits per heavy atom. The number of hydrogen-bond acceptors (Lipinski definition) is 4.